The third-order valence-corrected chi connectivity index (χ3v) is 4.84. The van der Waals surface area contributed by atoms with Gasteiger partial charge in [0, 0.05) is 30.1 Å². The molecule has 5 nitrogen and oxygen atoms in total. The van der Waals surface area contributed by atoms with Crippen molar-refractivity contribution in [1.82, 2.24) is 19.5 Å². The molecule has 2 heterocycles. The van der Waals surface area contributed by atoms with Crippen LogP contribution in [0, 0.1) is 5.82 Å². The van der Waals surface area contributed by atoms with Crippen molar-refractivity contribution in [1.29, 1.82) is 0 Å². The van der Waals surface area contributed by atoms with Crippen LogP contribution in [0.15, 0.2) is 36.4 Å². The highest BCUT2D eigenvalue weighted by atomic mass is 19.1. The van der Waals surface area contributed by atoms with Gasteiger partial charge in [-0.05, 0) is 31.0 Å². The number of rotatable bonds is 6. The molecule has 0 unspecified atom stereocenters. The summed E-state index contributed by atoms with van der Waals surface area (Å²) >= 11 is 0. The quantitative estimate of drug-likeness (QED) is 0.583. The average Bonchev–Trinajstić information content (AvgIpc) is 3.11. The van der Waals surface area contributed by atoms with Crippen LogP contribution < -0.4 is 0 Å². The Morgan fingerprint density at radius 1 is 1.10 bits per heavy atom. The minimum Gasteiger partial charge on any atom is -0.337 e. The molecule has 0 radical (unpaired) electrons. The van der Waals surface area contributed by atoms with Gasteiger partial charge in [-0.25, -0.2) is 13.9 Å². The maximum atomic E-state index is 14.4. The number of aromatic nitrogens is 3. The monoisotopic (exact) mass is 396 g/mol. The van der Waals surface area contributed by atoms with Crippen molar-refractivity contribution < 1.29 is 9.18 Å². The van der Waals surface area contributed by atoms with E-state index in [1.54, 1.807) is 28.8 Å². The maximum Gasteiger partial charge on any atom is 0.272 e. The molecule has 0 saturated carbocycles. The summed E-state index contributed by atoms with van der Waals surface area (Å²) in [6, 6.07) is 10.0. The molecule has 3 rings (SSSR count). The Labute approximate surface area is 171 Å². The van der Waals surface area contributed by atoms with Crippen LogP contribution in [0.2, 0.25) is 0 Å². The van der Waals surface area contributed by atoms with Gasteiger partial charge in [-0.3, -0.25) is 4.79 Å². The van der Waals surface area contributed by atoms with Crippen molar-refractivity contribution in [2.24, 2.45) is 0 Å². The lowest BCUT2D eigenvalue weighted by Gasteiger charge is -2.22. The fraction of sp³-hybridized carbons (Fsp3) is 0.435. The standard InChI is InChI=1S/C23H29FN4O/c1-6-12-27(13-7-2)22(29)19-14-18(16-10-8-9-11-17(16)24)25-21-15-20(23(3,4)5)26-28(19)21/h8-11,14-15H,6-7,12-13H2,1-5H3. The first-order valence-electron chi connectivity index (χ1n) is 10.2. The highest BCUT2D eigenvalue weighted by Gasteiger charge is 2.24. The number of hydrogen-bond acceptors (Lipinski definition) is 3. The summed E-state index contributed by atoms with van der Waals surface area (Å²) in [5.41, 5.74) is 2.41. The summed E-state index contributed by atoms with van der Waals surface area (Å²) in [4.78, 5) is 19.9. The maximum absolute atomic E-state index is 14.4. The first-order chi connectivity index (χ1) is 13.8. The van der Waals surface area contributed by atoms with Gasteiger partial charge in [0.15, 0.2) is 5.65 Å². The van der Waals surface area contributed by atoms with Crippen LogP contribution in [0.4, 0.5) is 4.39 Å². The smallest absolute Gasteiger partial charge is 0.272 e. The van der Waals surface area contributed by atoms with Gasteiger partial charge >= 0.3 is 0 Å². The van der Waals surface area contributed by atoms with Crippen LogP contribution in [-0.2, 0) is 5.41 Å². The van der Waals surface area contributed by atoms with Gasteiger partial charge < -0.3 is 4.90 Å². The van der Waals surface area contributed by atoms with Crippen LogP contribution in [0.3, 0.4) is 0 Å². The highest BCUT2D eigenvalue weighted by Crippen LogP contribution is 2.27. The number of amides is 1. The first-order valence-corrected chi connectivity index (χ1v) is 10.2. The molecular weight excluding hydrogens is 367 g/mol. The zero-order chi connectivity index (χ0) is 21.2. The number of hydrogen-bond donors (Lipinski definition) is 0. The molecular formula is C23H29FN4O. The Morgan fingerprint density at radius 2 is 1.76 bits per heavy atom. The van der Waals surface area contributed by atoms with E-state index in [-0.39, 0.29) is 17.1 Å². The third kappa shape index (κ3) is 4.31. The second kappa shape index (κ2) is 8.31. The second-order valence-electron chi connectivity index (χ2n) is 8.35. The van der Waals surface area contributed by atoms with Crippen molar-refractivity contribution in [3.63, 3.8) is 0 Å². The summed E-state index contributed by atoms with van der Waals surface area (Å²) in [7, 11) is 0. The Morgan fingerprint density at radius 3 is 2.34 bits per heavy atom. The molecule has 1 amide bonds. The molecule has 3 aromatic rings. The molecule has 0 saturated heterocycles. The second-order valence-corrected chi connectivity index (χ2v) is 8.35. The van der Waals surface area contributed by atoms with Crippen LogP contribution in [0.5, 0.6) is 0 Å². The topological polar surface area (TPSA) is 50.5 Å². The predicted molar refractivity (Wildman–Crippen MR) is 114 cm³/mol. The van der Waals surface area contributed by atoms with Crippen molar-refractivity contribution in [2.45, 2.75) is 52.9 Å². The normalized spacial score (nSPS) is 11.8. The van der Waals surface area contributed by atoms with Gasteiger partial charge in [0.05, 0.1) is 11.4 Å². The average molecular weight is 397 g/mol. The van der Waals surface area contributed by atoms with Gasteiger partial charge in [0.25, 0.3) is 5.91 Å². The number of fused-ring (bicyclic) bond motifs is 1. The van der Waals surface area contributed by atoms with Crippen molar-refractivity contribution in [3.05, 3.63) is 53.6 Å². The lowest BCUT2D eigenvalue weighted by molar-refractivity contribution is 0.0746. The van der Waals surface area contributed by atoms with E-state index < -0.39 is 0 Å². The van der Waals surface area contributed by atoms with E-state index in [2.05, 4.69) is 44.7 Å². The molecule has 154 valence electrons. The van der Waals surface area contributed by atoms with Gasteiger partial charge in [-0.2, -0.15) is 5.10 Å². The van der Waals surface area contributed by atoms with Gasteiger partial charge in [-0.1, -0.05) is 46.8 Å². The Kier molecular flexibility index (Phi) is 6.01. The molecule has 0 N–H and O–H groups in total. The summed E-state index contributed by atoms with van der Waals surface area (Å²) in [5, 5.41) is 4.68. The largest absolute Gasteiger partial charge is 0.337 e. The molecule has 0 spiro atoms. The molecule has 1 aromatic carbocycles. The number of halogens is 1. The van der Waals surface area contributed by atoms with E-state index in [0.717, 1.165) is 18.5 Å². The molecule has 0 aliphatic heterocycles. The van der Waals surface area contributed by atoms with Gasteiger partial charge in [0.2, 0.25) is 0 Å². The van der Waals surface area contributed by atoms with Gasteiger partial charge in [-0.15, -0.1) is 0 Å². The zero-order valence-corrected chi connectivity index (χ0v) is 17.9. The Hall–Kier alpha value is -2.76. The van der Waals surface area contributed by atoms with Gasteiger partial charge in [0.1, 0.15) is 11.5 Å². The van der Waals surface area contributed by atoms with Crippen molar-refractivity contribution >= 4 is 11.6 Å². The first kappa shape index (κ1) is 21.0. The molecule has 0 atom stereocenters. The number of carbonyl (C=O) groups is 1. The summed E-state index contributed by atoms with van der Waals surface area (Å²) in [6.45, 7) is 11.6. The lowest BCUT2D eigenvalue weighted by Crippen LogP contribution is -2.34. The number of carbonyl (C=O) groups excluding carboxylic acids is 1. The van der Waals surface area contributed by atoms with Crippen LogP contribution in [0.25, 0.3) is 16.9 Å². The molecule has 0 bridgehead atoms. The van der Waals surface area contributed by atoms with Crippen molar-refractivity contribution in [3.8, 4) is 11.3 Å². The summed E-state index contributed by atoms with van der Waals surface area (Å²) in [5.74, 6) is -0.473. The molecule has 0 aliphatic rings. The summed E-state index contributed by atoms with van der Waals surface area (Å²) < 4.78 is 16.0. The Balaban J connectivity index is 2.23. The fourth-order valence-corrected chi connectivity index (χ4v) is 3.32. The lowest BCUT2D eigenvalue weighted by atomic mass is 9.93. The fourth-order valence-electron chi connectivity index (χ4n) is 3.32. The molecule has 29 heavy (non-hydrogen) atoms. The zero-order valence-electron chi connectivity index (χ0n) is 17.9. The third-order valence-electron chi connectivity index (χ3n) is 4.84. The van der Waals surface area contributed by atoms with E-state index in [1.165, 1.54) is 6.07 Å². The Bertz CT molecular complexity index is 1010. The van der Waals surface area contributed by atoms with Crippen LogP contribution in [0.1, 0.15) is 63.6 Å². The van der Waals surface area contributed by atoms with E-state index in [9.17, 15) is 9.18 Å². The van der Waals surface area contributed by atoms with Crippen LogP contribution >= 0.6 is 0 Å². The molecule has 0 aliphatic carbocycles. The summed E-state index contributed by atoms with van der Waals surface area (Å²) in [6.07, 6.45) is 1.74. The molecule has 0 fully saturated rings. The predicted octanol–water partition coefficient (Wildman–Crippen LogP) is 5.10. The minimum absolute atomic E-state index is 0.109. The van der Waals surface area contributed by atoms with Crippen LogP contribution in [-0.4, -0.2) is 38.5 Å². The van der Waals surface area contributed by atoms with E-state index in [1.807, 2.05) is 11.0 Å². The number of benzene rings is 1. The SMILES string of the molecule is CCCN(CCC)C(=O)c1cc(-c2ccccc2F)nc2cc(C(C)(C)C)nn12. The number of nitrogens with zero attached hydrogens (tertiary/aromatic N) is 4. The van der Waals surface area contributed by atoms with Crippen molar-refractivity contribution in [2.75, 3.05) is 13.1 Å². The van der Waals surface area contributed by atoms with E-state index >= 15 is 0 Å². The molecule has 6 heteroatoms. The van der Waals surface area contributed by atoms with E-state index in [4.69, 9.17) is 0 Å². The minimum atomic E-state index is -0.364. The molecule has 2 aromatic heterocycles. The van der Waals surface area contributed by atoms with E-state index in [0.29, 0.717) is 35.7 Å². The highest BCUT2D eigenvalue weighted by molar-refractivity contribution is 5.94.